The molecule has 3 saturated carbocycles. The van der Waals surface area contributed by atoms with Crippen LogP contribution in [-0.4, -0.2) is 49.9 Å². The Morgan fingerprint density at radius 2 is 1.82 bits per heavy atom. The van der Waals surface area contributed by atoms with Crippen molar-refractivity contribution in [3.63, 3.8) is 0 Å². The highest BCUT2D eigenvalue weighted by Gasteiger charge is 2.60. The highest BCUT2D eigenvalue weighted by Crippen LogP contribution is 2.67. The van der Waals surface area contributed by atoms with Crippen LogP contribution in [0.3, 0.4) is 0 Å². The third-order valence-electron chi connectivity index (χ3n) is 10.5. The molecule has 38 heavy (non-hydrogen) atoms. The van der Waals surface area contributed by atoms with Gasteiger partial charge in [0.1, 0.15) is 6.10 Å². The van der Waals surface area contributed by atoms with Crippen LogP contribution in [0.5, 0.6) is 0 Å². The van der Waals surface area contributed by atoms with Gasteiger partial charge in [-0.3, -0.25) is 9.11 Å². The molecule has 0 spiro atoms. The second kappa shape index (κ2) is 10.9. The summed E-state index contributed by atoms with van der Waals surface area (Å²) in [7, 11) is -9.20. The first-order valence-corrected chi connectivity index (χ1v) is 16.5. The van der Waals surface area contributed by atoms with Crippen molar-refractivity contribution in [2.45, 2.75) is 97.7 Å². The lowest BCUT2D eigenvalue weighted by atomic mass is 9.46. The van der Waals surface area contributed by atoms with Gasteiger partial charge >= 0.3 is 20.8 Å². The second-order valence-electron chi connectivity index (χ2n) is 12.9. The van der Waals surface area contributed by atoms with Crippen molar-refractivity contribution in [2.24, 2.45) is 40.4 Å². The van der Waals surface area contributed by atoms with Crippen LogP contribution in [0.15, 0.2) is 23.3 Å². The minimum absolute atomic E-state index is 0.000389. The molecule has 11 heteroatoms. The Labute approximate surface area is 228 Å². The summed E-state index contributed by atoms with van der Waals surface area (Å²) < 4.78 is 74.1. The molecule has 0 bridgehead atoms. The Kier molecular flexibility index (Phi) is 8.62. The summed E-state index contributed by atoms with van der Waals surface area (Å²) in [5.74, 6) is 1.38. The molecule has 9 atom stereocenters. The first kappa shape index (κ1) is 30.1. The summed E-state index contributed by atoms with van der Waals surface area (Å²) >= 11 is 0. The number of hydrogen-bond acceptors (Lipinski definition) is 7. The van der Waals surface area contributed by atoms with Gasteiger partial charge in [-0.1, -0.05) is 37.1 Å². The lowest BCUT2D eigenvalue weighted by molar-refractivity contribution is -0.0852. The zero-order chi connectivity index (χ0) is 28.1. The van der Waals surface area contributed by atoms with Gasteiger partial charge in [-0.15, -0.1) is 0 Å². The molecule has 218 valence electrons. The molecule has 2 unspecified atom stereocenters. The molecule has 3 fully saturated rings. The van der Waals surface area contributed by atoms with Gasteiger partial charge in [0, 0.05) is 0 Å². The molecule has 9 nitrogen and oxygen atoms in total. The fraction of sp³-hybridized carbons (Fsp3) is 0.852. The first-order chi connectivity index (χ1) is 17.5. The molecule has 0 saturated heterocycles. The molecule has 4 aliphatic rings. The average Bonchev–Trinajstić information content (AvgIpc) is 3.12. The molecular formula is C27H44O9S2. The molecular weight excluding hydrogens is 532 g/mol. The van der Waals surface area contributed by atoms with E-state index in [1.807, 2.05) is 13.8 Å². The summed E-state index contributed by atoms with van der Waals surface area (Å²) in [4.78, 5) is 0. The van der Waals surface area contributed by atoms with Crippen molar-refractivity contribution in [1.82, 2.24) is 0 Å². The zero-order valence-corrected chi connectivity index (χ0v) is 24.5. The van der Waals surface area contributed by atoms with Crippen LogP contribution in [-0.2, 0) is 29.2 Å². The zero-order valence-electron chi connectivity index (χ0n) is 22.9. The summed E-state index contributed by atoms with van der Waals surface area (Å²) in [6.07, 6.45) is 9.52. The molecule has 0 aromatic carbocycles. The van der Waals surface area contributed by atoms with E-state index >= 15 is 0 Å². The van der Waals surface area contributed by atoms with Gasteiger partial charge in [-0.2, -0.15) is 16.8 Å². The van der Waals surface area contributed by atoms with Crippen LogP contribution < -0.4 is 0 Å². The maximum absolute atomic E-state index is 11.5. The van der Waals surface area contributed by atoms with E-state index in [9.17, 15) is 31.0 Å². The highest BCUT2D eigenvalue weighted by molar-refractivity contribution is 7.81. The smallest absolute Gasteiger partial charge is 0.390 e. The molecule has 0 heterocycles. The van der Waals surface area contributed by atoms with Crippen molar-refractivity contribution >= 4 is 20.8 Å². The van der Waals surface area contributed by atoms with Gasteiger partial charge in [0.15, 0.2) is 0 Å². The van der Waals surface area contributed by atoms with Crippen molar-refractivity contribution in [1.29, 1.82) is 0 Å². The minimum atomic E-state index is -4.68. The Balaban J connectivity index is 1.57. The van der Waals surface area contributed by atoms with Crippen molar-refractivity contribution < 1.29 is 39.4 Å². The van der Waals surface area contributed by atoms with Crippen LogP contribution >= 0.6 is 0 Å². The number of rotatable bonds is 9. The number of aliphatic hydroxyl groups excluding tert-OH is 1. The van der Waals surface area contributed by atoms with Crippen LogP contribution in [0, 0.1) is 40.4 Å². The first-order valence-electron chi connectivity index (χ1n) is 13.8. The predicted octanol–water partition coefficient (Wildman–Crippen LogP) is 4.91. The van der Waals surface area contributed by atoms with Gasteiger partial charge in [0.2, 0.25) is 0 Å². The fourth-order valence-electron chi connectivity index (χ4n) is 8.90. The van der Waals surface area contributed by atoms with E-state index in [1.54, 1.807) is 0 Å². The van der Waals surface area contributed by atoms with E-state index in [0.717, 1.165) is 50.5 Å². The molecule has 4 aliphatic carbocycles. The van der Waals surface area contributed by atoms with Gasteiger partial charge in [0.25, 0.3) is 0 Å². The second-order valence-corrected chi connectivity index (χ2v) is 15.0. The SMILES string of the molecule is CC(C)=CCCC(COS(=O)(=O)O)[C@H]1CC[C@H]2C3CC=C4C[C@H](O)[C@@H](OS(=O)(=O)O)C[C@]4(C)[C@H]3CC[C@]12C. The summed E-state index contributed by atoms with van der Waals surface area (Å²) in [5, 5.41) is 10.6. The van der Waals surface area contributed by atoms with E-state index in [2.05, 4.69) is 26.0 Å². The van der Waals surface area contributed by atoms with Crippen molar-refractivity contribution in [2.75, 3.05) is 6.61 Å². The third-order valence-corrected chi connectivity index (χ3v) is 11.4. The van der Waals surface area contributed by atoms with Crippen LogP contribution in [0.1, 0.15) is 85.5 Å². The Morgan fingerprint density at radius 3 is 2.45 bits per heavy atom. The minimum Gasteiger partial charge on any atom is -0.390 e. The Morgan fingerprint density at radius 1 is 1.11 bits per heavy atom. The molecule has 0 aromatic heterocycles. The number of hydrogen-bond donors (Lipinski definition) is 3. The highest BCUT2D eigenvalue weighted by atomic mass is 32.3. The van der Waals surface area contributed by atoms with E-state index in [4.69, 9.17) is 8.37 Å². The number of allylic oxidation sites excluding steroid dienone is 3. The largest absolute Gasteiger partial charge is 0.397 e. The lowest BCUT2D eigenvalue weighted by Gasteiger charge is -2.59. The molecule has 3 N–H and O–H groups in total. The molecule has 0 aromatic rings. The van der Waals surface area contributed by atoms with E-state index < -0.39 is 33.0 Å². The molecule has 0 amide bonds. The predicted molar refractivity (Wildman–Crippen MR) is 143 cm³/mol. The summed E-state index contributed by atoms with van der Waals surface area (Å²) in [6, 6.07) is 0. The van der Waals surface area contributed by atoms with Gasteiger partial charge in [-0.25, -0.2) is 8.37 Å². The van der Waals surface area contributed by atoms with Crippen LogP contribution in [0.4, 0.5) is 0 Å². The Hall–Kier alpha value is -0.820. The standard InChI is InChI=1S/C27H44O9S2/c1-17(2)6-5-7-18(16-35-37(29,30)31)21-10-11-22-20-9-8-19-14-24(28)25(36-38(32,33)34)15-27(19,4)23(20)12-13-26(21,22)3/h6,8,18,20-25,28H,5,7,9-16H2,1-4H3,(H,29,30,31)(H,32,33,34)/t18?,20?,21-,22+,23+,24+,25+,26-,27+/m1/s1. The van der Waals surface area contributed by atoms with E-state index in [0.29, 0.717) is 30.6 Å². The third kappa shape index (κ3) is 6.24. The van der Waals surface area contributed by atoms with Crippen molar-refractivity contribution in [3.05, 3.63) is 23.3 Å². The summed E-state index contributed by atoms with van der Waals surface area (Å²) in [5.41, 5.74) is 2.04. The van der Waals surface area contributed by atoms with E-state index in [-0.39, 0.29) is 29.3 Å². The maximum Gasteiger partial charge on any atom is 0.397 e. The lowest BCUT2D eigenvalue weighted by Crippen LogP contribution is -2.54. The number of aliphatic hydroxyl groups is 1. The van der Waals surface area contributed by atoms with Crippen LogP contribution in [0.2, 0.25) is 0 Å². The molecule has 4 rings (SSSR count). The number of fused-ring (bicyclic) bond motifs is 5. The van der Waals surface area contributed by atoms with Gasteiger partial charge < -0.3 is 5.11 Å². The fourth-order valence-corrected chi connectivity index (χ4v) is 9.75. The molecule has 0 radical (unpaired) electrons. The van der Waals surface area contributed by atoms with Crippen molar-refractivity contribution in [3.8, 4) is 0 Å². The topological polar surface area (TPSA) is 147 Å². The summed E-state index contributed by atoms with van der Waals surface area (Å²) in [6.45, 7) is 8.55. The monoisotopic (exact) mass is 576 g/mol. The normalized spacial score (nSPS) is 39.9. The quantitative estimate of drug-likeness (QED) is 0.257. The average molecular weight is 577 g/mol. The van der Waals surface area contributed by atoms with Crippen LogP contribution in [0.25, 0.3) is 0 Å². The van der Waals surface area contributed by atoms with Gasteiger partial charge in [0.05, 0.1) is 12.7 Å². The molecule has 0 aliphatic heterocycles. The maximum atomic E-state index is 11.5. The van der Waals surface area contributed by atoms with Gasteiger partial charge in [-0.05, 0) is 112 Å². The Bertz CT molecular complexity index is 1160. The van der Waals surface area contributed by atoms with E-state index in [1.165, 1.54) is 5.57 Å².